The summed E-state index contributed by atoms with van der Waals surface area (Å²) in [5.41, 5.74) is 1.36. The number of phenols is 1. The van der Waals surface area contributed by atoms with E-state index in [9.17, 15) is 9.90 Å². The Bertz CT molecular complexity index is 511. The zero-order chi connectivity index (χ0) is 14.2. The Balaban J connectivity index is 2.24. The van der Waals surface area contributed by atoms with E-state index in [0.29, 0.717) is 22.5 Å². The van der Waals surface area contributed by atoms with Crippen molar-refractivity contribution in [2.75, 3.05) is 13.1 Å². The number of nitrogens with zero attached hydrogens (tertiary/aromatic N) is 1. The van der Waals surface area contributed by atoms with Gasteiger partial charge in [-0.2, -0.15) is 0 Å². The predicted molar refractivity (Wildman–Crippen MR) is 76.8 cm³/mol. The molecule has 1 saturated heterocycles. The number of likely N-dealkylation sites (tertiary alicyclic amines) is 1. The third kappa shape index (κ3) is 3.28. The molecule has 3 nitrogen and oxygen atoms in total. The highest BCUT2D eigenvalue weighted by atomic mass is 35.5. The number of ketones is 1. The molecule has 1 aromatic rings. The molecule has 0 atom stereocenters. The minimum Gasteiger partial charge on any atom is -0.507 e. The first-order chi connectivity index (χ1) is 8.78. The van der Waals surface area contributed by atoms with E-state index in [1.165, 1.54) is 13.0 Å². The molecule has 104 valence electrons. The summed E-state index contributed by atoms with van der Waals surface area (Å²) in [6.45, 7) is 8.56. The molecule has 1 heterocycles. The number of aromatic hydroxyl groups is 1. The number of hydrogen-bond donors (Lipinski definition) is 1. The summed E-state index contributed by atoms with van der Waals surface area (Å²) in [6, 6.07) is 3.27. The molecule has 0 unspecified atom stereocenters. The van der Waals surface area contributed by atoms with Crippen LogP contribution in [0.1, 0.15) is 43.1 Å². The van der Waals surface area contributed by atoms with Crippen LogP contribution in [0.15, 0.2) is 12.1 Å². The van der Waals surface area contributed by atoms with Crippen molar-refractivity contribution in [3.63, 3.8) is 0 Å². The molecular weight excluding hydrogens is 262 g/mol. The largest absolute Gasteiger partial charge is 0.507 e. The van der Waals surface area contributed by atoms with Gasteiger partial charge in [-0.1, -0.05) is 25.4 Å². The Morgan fingerprint density at radius 3 is 2.68 bits per heavy atom. The van der Waals surface area contributed by atoms with Crippen molar-refractivity contribution in [1.82, 2.24) is 4.90 Å². The third-order valence-electron chi connectivity index (χ3n) is 3.68. The number of rotatable bonds is 3. The van der Waals surface area contributed by atoms with Crippen LogP contribution in [0.4, 0.5) is 0 Å². The van der Waals surface area contributed by atoms with Gasteiger partial charge >= 0.3 is 0 Å². The van der Waals surface area contributed by atoms with E-state index >= 15 is 0 Å². The number of carbonyl (C=O) groups is 1. The zero-order valence-electron chi connectivity index (χ0n) is 11.7. The van der Waals surface area contributed by atoms with Crippen LogP contribution in [0.25, 0.3) is 0 Å². The maximum atomic E-state index is 11.5. The quantitative estimate of drug-likeness (QED) is 0.863. The van der Waals surface area contributed by atoms with Gasteiger partial charge in [0.1, 0.15) is 5.75 Å². The first-order valence-corrected chi connectivity index (χ1v) is 6.91. The Hall–Kier alpha value is -1.06. The predicted octanol–water partition coefficient (Wildman–Crippen LogP) is 3.48. The molecule has 0 spiro atoms. The fourth-order valence-corrected chi connectivity index (χ4v) is 2.89. The lowest BCUT2D eigenvalue weighted by atomic mass is 9.93. The molecule has 19 heavy (non-hydrogen) atoms. The fraction of sp³-hybridized carbons (Fsp3) is 0.533. The van der Waals surface area contributed by atoms with Gasteiger partial charge in [-0.15, -0.1) is 0 Å². The van der Waals surface area contributed by atoms with E-state index in [-0.39, 0.29) is 11.5 Å². The van der Waals surface area contributed by atoms with Crippen LogP contribution in [0.5, 0.6) is 5.75 Å². The van der Waals surface area contributed by atoms with E-state index in [0.717, 1.165) is 25.1 Å². The monoisotopic (exact) mass is 281 g/mol. The van der Waals surface area contributed by atoms with Crippen molar-refractivity contribution >= 4 is 17.4 Å². The van der Waals surface area contributed by atoms with Crippen LogP contribution < -0.4 is 0 Å². The first kappa shape index (κ1) is 14.4. The molecular formula is C15H20ClNO2. The highest BCUT2D eigenvalue weighted by molar-refractivity contribution is 6.31. The van der Waals surface area contributed by atoms with Crippen molar-refractivity contribution in [3.8, 4) is 5.75 Å². The molecule has 1 N–H and O–H groups in total. The molecule has 0 aromatic heterocycles. The van der Waals surface area contributed by atoms with Gasteiger partial charge in [0, 0.05) is 23.7 Å². The van der Waals surface area contributed by atoms with Gasteiger partial charge in [-0.3, -0.25) is 9.69 Å². The van der Waals surface area contributed by atoms with E-state index in [4.69, 9.17) is 11.6 Å². The summed E-state index contributed by atoms with van der Waals surface area (Å²) in [6.07, 6.45) is 1.15. The molecule has 0 saturated carbocycles. The number of benzene rings is 1. The average molecular weight is 282 g/mol. The lowest BCUT2D eigenvalue weighted by Gasteiger charge is -2.20. The molecule has 0 amide bonds. The highest BCUT2D eigenvalue weighted by Crippen LogP contribution is 2.33. The molecule has 1 aliphatic rings. The topological polar surface area (TPSA) is 40.5 Å². The van der Waals surface area contributed by atoms with Gasteiger partial charge in [-0.05, 0) is 37.4 Å². The number of halogens is 1. The lowest BCUT2D eigenvalue weighted by Crippen LogP contribution is -2.23. The van der Waals surface area contributed by atoms with E-state index in [1.807, 2.05) is 0 Å². The minimum atomic E-state index is -0.164. The Kier molecular flexibility index (Phi) is 3.88. The molecule has 1 aliphatic heterocycles. The molecule has 4 heteroatoms. The minimum absolute atomic E-state index is 0.0709. The molecule has 0 aliphatic carbocycles. The maximum absolute atomic E-state index is 11.5. The second-order valence-corrected chi connectivity index (χ2v) is 6.58. The van der Waals surface area contributed by atoms with E-state index in [1.54, 1.807) is 6.07 Å². The Morgan fingerprint density at radius 1 is 1.47 bits per heavy atom. The van der Waals surface area contributed by atoms with Crippen LogP contribution in [0.3, 0.4) is 0 Å². The average Bonchev–Trinajstić information content (AvgIpc) is 2.62. The summed E-state index contributed by atoms with van der Waals surface area (Å²) >= 11 is 6.03. The molecule has 1 aromatic carbocycles. The SMILES string of the molecule is CC(=O)c1cc(Cl)cc(CN2CCC(C)(C)C2)c1O. The van der Waals surface area contributed by atoms with Gasteiger partial charge in [0.15, 0.2) is 5.78 Å². The second-order valence-electron chi connectivity index (χ2n) is 6.14. The standard InChI is InChI=1S/C15H20ClNO2/c1-10(18)13-7-12(16)6-11(14(13)19)8-17-5-4-15(2,3)9-17/h6-7,19H,4-5,8-9H2,1-3H3. The fourth-order valence-electron chi connectivity index (χ4n) is 2.64. The first-order valence-electron chi connectivity index (χ1n) is 6.53. The summed E-state index contributed by atoms with van der Waals surface area (Å²) in [4.78, 5) is 13.8. The van der Waals surface area contributed by atoms with Crippen molar-refractivity contribution in [3.05, 3.63) is 28.3 Å². The molecule has 1 fully saturated rings. The lowest BCUT2D eigenvalue weighted by molar-refractivity contribution is 0.101. The van der Waals surface area contributed by atoms with Crippen LogP contribution in [-0.2, 0) is 6.54 Å². The van der Waals surface area contributed by atoms with E-state index in [2.05, 4.69) is 18.7 Å². The number of carbonyl (C=O) groups excluding carboxylic acids is 1. The number of Topliss-reactive ketones (excluding diaryl/α,β-unsaturated/α-hetero) is 1. The van der Waals surface area contributed by atoms with Crippen molar-refractivity contribution < 1.29 is 9.90 Å². The summed E-state index contributed by atoms with van der Waals surface area (Å²) < 4.78 is 0. The number of hydrogen-bond acceptors (Lipinski definition) is 3. The van der Waals surface area contributed by atoms with Gasteiger partial charge < -0.3 is 5.11 Å². The Morgan fingerprint density at radius 2 is 2.16 bits per heavy atom. The maximum Gasteiger partial charge on any atom is 0.163 e. The third-order valence-corrected chi connectivity index (χ3v) is 3.90. The summed E-state index contributed by atoms with van der Waals surface area (Å²) in [5.74, 6) is -0.0930. The van der Waals surface area contributed by atoms with Crippen LogP contribution in [-0.4, -0.2) is 28.9 Å². The summed E-state index contributed by atoms with van der Waals surface area (Å²) in [5, 5.41) is 10.7. The molecule has 2 rings (SSSR count). The van der Waals surface area contributed by atoms with Gasteiger partial charge in [0.2, 0.25) is 0 Å². The zero-order valence-corrected chi connectivity index (χ0v) is 12.4. The van der Waals surface area contributed by atoms with E-state index < -0.39 is 0 Å². The van der Waals surface area contributed by atoms with Crippen LogP contribution in [0, 0.1) is 5.41 Å². The molecule has 0 radical (unpaired) electrons. The van der Waals surface area contributed by atoms with Gasteiger partial charge in [0.05, 0.1) is 5.56 Å². The second kappa shape index (κ2) is 5.14. The smallest absolute Gasteiger partial charge is 0.163 e. The van der Waals surface area contributed by atoms with Gasteiger partial charge in [0.25, 0.3) is 0 Å². The normalized spacial score (nSPS) is 18.7. The van der Waals surface area contributed by atoms with Crippen LogP contribution >= 0.6 is 11.6 Å². The highest BCUT2D eigenvalue weighted by Gasteiger charge is 2.29. The van der Waals surface area contributed by atoms with Crippen molar-refractivity contribution in [2.45, 2.75) is 33.7 Å². The summed E-state index contributed by atoms with van der Waals surface area (Å²) in [7, 11) is 0. The van der Waals surface area contributed by atoms with Crippen molar-refractivity contribution in [1.29, 1.82) is 0 Å². The Labute approximate surface area is 119 Å². The molecule has 0 bridgehead atoms. The number of phenolic OH excluding ortho intramolecular Hbond substituents is 1. The van der Waals surface area contributed by atoms with Gasteiger partial charge in [-0.25, -0.2) is 0 Å². The van der Waals surface area contributed by atoms with Crippen molar-refractivity contribution in [2.24, 2.45) is 5.41 Å². The van der Waals surface area contributed by atoms with Crippen LogP contribution in [0.2, 0.25) is 5.02 Å².